The van der Waals surface area contributed by atoms with E-state index in [4.69, 9.17) is 9.84 Å². The summed E-state index contributed by atoms with van der Waals surface area (Å²) in [6.45, 7) is 2.32. The lowest BCUT2D eigenvalue weighted by molar-refractivity contribution is -0.384. The smallest absolute Gasteiger partial charge is 0.270 e. The van der Waals surface area contributed by atoms with Crippen molar-refractivity contribution in [2.45, 2.75) is 13.3 Å². The minimum absolute atomic E-state index is 0.0527. The van der Waals surface area contributed by atoms with Gasteiger partial charge in [-0.3, -0.25) is 14.9 Å². The molecule has 0 heterocycles. The number of amides is 1. The van der Waals surface area contributed by atoms with Crippen molar-refractivity contribution in [3.05, 3.63) is 33.9 Å². The second-order valence-electron chi connectivity index (χ2n) is 4.47. The lowest BCUT2D eigenvalue weighted by Gasteiger charge is -2.12. The van der Waals surface area contributed by atoms with Crippen LogP contribution in [0.4, 0.5) is 5.69 Å². The largest absolute Gasteiger partial charge is 0.496 e. The van der Waals surface area contributed by atoms with Gasteiger partial charge in [0.15, 0.2) is 0 Å². The predicted octanol–water partition coefficient (Wildman–Crippen LogP) is 1.35. The number of hydrogen-bond acceptors (Lipinski definition) is 5. The molecule has 0 saturated carbocycles. The molecule has 20 heavy (non-hydrogen) atoms. The molecule has 0 radical (unpaired) electrons. The minimum Gasteiger partial charge on any atom is -0.496 e. The van der Waals surface area contributed by atoms with Crippen molar-refractivity contribution in [2.24, 2.45) is 5.92 Å². The standard InChI is InChI=1S/C13H18N2O5/c1-9(5-6-16)8-14-13(17)11-7-10(15(18)19)3-4-12(11)20-2/h3-4,7,9,16H,5-6,8H2,1-2H3,(H,14,17). The Labute approximate surface area is 116 Å². The first-order valence-corrected chi connectivity index (χ1v) is 6.21. The zero-order valence-corrected chi connectivity index (χ0v) is 11.5. The minimum atomic E-state index is -0.565. The molecule has 0 saturated heterocycles. The highest BCUT2D eigenvalue weighted by molar-refractivity contribution is 5.97. The molecule has 1 aromatic rings. The average Bonchev–Trinajstić information content (AvgIpc) is 2.44. The van der Waals surface area contributed by atoms with Gasteiger partial charge in [0.05, 0.1) is 17.6 Å². The maximum atomic E-state index is 12.0. The third-order valence-electron chi connectivity index (χ3n) is 2.87. The van der Waals surface area contributed by atoms with Crippen LogP contribution in [0.25, 0.3) is 0 Å². The van der Waals surface area contributed by atoms with Gasteiger partial charge in [-0.1, -0.05) is 6.92 Å². The van der Waals surface area contributed by atoms with E-state index in [0.717, 1.165) is 0 Å². The molecule has 7 heteroatoms. The van der Waals surface area contributed by atoms with Crippen LogP contribution >= 0.6 is 0 Å². The molecule has 110 valence electrons. The molecule has 2 N–H and O–H groups in total. The highest BCUT2D eigenvalue weighted by Gasteiger charge is 2.17. The van der Waals surface area contributed by atoms with Gasteiger partial charge in [0, 0.05) is 25.3 Å². The number of benzene rings is 1. The van der Waals surface area contributed by atoms with Gasteiger partial charge >= 0.3 is 0 Å². The van der Waals surface area contributed by atoms with Gasteiger partial charge in [0.1, 0.15) is 5.75 Å². The Kier molecular flexibility index (Phi) is 5.92. The molecule has 0 aliphatic carbocycles. The Hall–Kier alpha value is -2.15. The molecule has 0 spiro atoms. The van der Waals surface area contributed by atoms with E-state index in [1.807, 2.05) is 6.92 Å². The van der Waals surface area contributed by atoms with Crippen LogP contribution in [0.15, 0.2) is 18.2 Å². The summed E-state index contributed by atoms with van der Waals surface area (Å²) in [6.07, 6.45) is 0.576. The molecule has 1 amide bonds. The molecule has 0 aliphatic heterocycles. The number of rotatable bonds is 7. The van der Waals surface area contributed by atoms with E-state index in [1.165, 1.54) is 25.3 Å². The van der Waals surface area contributed by atoms with Crippen LogP contribution in [0, 0.1) is 16.0 Å². The topological polar surface area (TPSA) is 102 Å². The highest BCUT2D eigenvalue weighted by atomic mass is 16.6. The van der Waals surface area contributed by atoms with Crippen LogP contribution in [-0.2, 0) is 0 Å². The normalized spacial score (nSPS) is 11.8. The van der Waals surface area contributed by atoms with Crippen molar-refractivity contribution < 1.29 is 19.6 Å². The first-order valence-electron chi connectivity index (χ1n) is 6.21. The summed E-state index contributed by atoms with van der Waals surface area (Å²) < 4.78 is 5.03. The van der Waals surface area contributed by atoms with Crippen LogP contribution in [0.1, 0.15) is 23.7 Å². The summed E-state index contributed by atoms with van der Waals surface area (Å²) in [7, 11) is 1.40. The zero-order valence-electron chi connectivity index (χ0n) is 11.5. The first-order chi connectivity index (χ1) is 9.49. The third kappa shape index (κ3) is 4.20. The number of nitro benzene ring substituents is 1. The Morgan fingerprint density at radius 3 is 2.80 bits per heavy atom. The van der Waals surface area contributed by atoms with Crippen LogP contribution in [0.2, 0.25) is 0 Å². The SMILES string of the molecule is COc1ccc([N+](=O)[O-])cc1C(=O)NCC(C)CCO. The van der Waals surface area contributed by atoms with E-state index in [0.29, 0.717) is 13.0 Å². The Morgan fingerprint density at radius 1 is 1.55 bits per heavy atom. The summed E-state index contributed by atoms with van der Waals surface area (Å²) in [5, 5.41) is 22.2. The number of nitro groups is 1. The maximum Gasteiger partial charge on any atom is 0.270 e. The van der Waals surface area contributed by atoms with Gasteiger partial charge in [-0.25, -0.2) is 0 Å². The second kappa shape index (κ2) is 7.44. The summed E-state index contributed by atoms with van der Waals surface area (Å²) in [4.78, 5) is 22.2. The molecule has 0 bridgehead atoms. The highest BCUT2D eigenvalue weighted by Crippen LogP contribution is 2.23. The fraction of sp³-hybridized carbons (Fsp3) is 0.462. The molecular weight excluding hydrogens is 264 g/mol. The van der Waals surface area contributed by atoms with Gasteiger partial charge in [-0.05, 0) is 18.4 Å². The van der Waals surface area contributed by atoms with Gasteiger partial charge in [-0.15, -0.1) is 0 Å². The van der Waals surface area contributed by atoms with Crippen molar-refractivity contribution in [1.82, 2.24) is 5.32 Å². The number of hydrogen-bond donors (Lipinski definition) is 2. The number of nitrogens with zero attached hydrogens (tertiary/aromatic N) is 1. The molecule has 1 rings (SSSR count). The van der Waals surface area contributed by atoms with Crippen molar-refractivity contribution in [3.8, 4) is 5.75 Å². The van der Waals surface area contributed by atoms with Gasteiger partial charge < -0.3 is 15.2 Å². The molecule has 0 aliphatic rings. The molecule has 0 aromatic heterocycles. The molecule has 1 atom stereocenters. The van der Waals surface area contributed by atoms with Crippen molar-refractivity contribution >= 4 is 11.6 Å². The summed E-state index contributed by atoms with van der Waals surface area (Å²) in [6, 6.07) is 3.86. The molecule has 0 fully saturated rings. The van der Waals surface area contributed by atoms with Crippen molar-refractivity contribution in [2.75, 3.05) is 20.3 Å². The number of methoxy groups -OCH3 is 1. The first kappa shape index (κ1) is 15.9. The quantitative estimate of drug-likeness (QED) is 0.580. The number of aliphatic hydroxyl groups is 1. The van der Waals surface area contributed by atoms with E-state index in [1.54, 1.807) is 0 Å². The lowest BCUT2D eigenvalue weighted by Crippen LogP contribution is -2.29. The van der Waals surface area contributed by atoms with E-state index in [2.05, 4.69) is 5.32 Å². The number of aliphatic hydroxyl groups excluding tert-OH is 1. The predicted molar refractivity (Wildman–Crippen MR) is 72.8 cm³/mol. The van der Waals surface area contributed by atoms with Gasteiger partial charge in [-0.2, -0.15) is 0 Å². The average molecular weight is 282 g/mol. The molecular formula is C13H18N2O5. The lowest BCUT2D eigenvalue weighted by atomic mass is 10.1. The fourth-order valence-corrected chi connectivity index (χ4v) is 1.67. The van der Waals surface area contributed by atoms with Crippen LogP contribution in [-0.4, -0.2) is 36.2 Å². The van der Waals surface area contributed by atoms with Crippen molar-refractivity contribution in [3.63, 3.8) is 0 Å². The number of nitrogens with one attached hydrogen (secondary N) is 1. The zero-order chi connectivity index (χ0) is 15.1. The molecule has 1 aromatic carbocycles. The summed E-state index contributed by atoms with van der Waals surface area (Å²) in [5.74, 6) is -0.0353. The van der Waals surface area contributed by atoms with E-state index < -0.39 is 10.8 Å². The van der Waals surface area contributed by atoms with Crippen molar-refractivity contribution in [1.29, 1.82) is 0 Å². The van der Waals surface area contributed by atoms with Crippen LogP contribution in [0.5, 0.6) is 5.75 Å². The van der Waals surface area contributed by atoms with Crippen LogP contribution in [0.3, 0.4) is 0 Å². The maximum absolute atomic E-state index is 12.0. The van der Waals surface area contributed by atoms with E-state index in [9.17, 15) is 14.9 Å². The summed E-state index contributed by atoms with van der Waals surface area (Å²) in [5.41, 5.74) is -0.0442. The number of ether oxygens (including phenoxy) is 1. The second-order valence-corrected chi connectivity index (χ2v) is 4.47. The molecule has 7 nitrogen and oxygen atoms in total. The Bertz CT molecular complexity index is 490. The molecule has 1 unspecified atom stereocenters. The van der Waals surface area contributed by atoms with Crippen LogP contribution < -0.4 is 10.1 Å². The fourth-order valence-electron chi connectivity index (χ4n) is 1.67. The summed E-state index contributed by atoms with van der Waals surface area (Å²) >= 11 is 0. The number of carbonyl (C=O) groups excluding carboxylic acids is 1. The van der Waals surface area contributed by atoms with Gasteiger partial charge in [0.2, 0.25) is 0 Å². The Morgan fingerprint density at radius 2 is 2.25 bits per heavy atom. The third-order valence-corrected chi connectivity index (χ3v) is 2.87. The number of non-ortho nitro benzene ring substituents is 1. The Balaban J connectivity index is 2.84. The van der Waals surface area contributed by atoms with E-state index in [-0.39, 0.29) is 29.5 Å². The number of carbonyl (C=O) groups is 1. The monoisotopic (exact) mass is 282 g/mol. The van der Waals surface area contributed by atoms with Gasteiger partial charge in [0.25, 0.3) is 11.6 Å². The van der Waals surface area contributed by atoms with E-state index >= 15 is 0 Å².